The monoisotopic (exact) mass is 236 g/mol. The van der Waals surface area contributed by atoms with Crippen LogP contribution < -0.4 is 0 Å². The van der Waals surface area contributed by atoms with Gasteiger partial charge in [0.1, 0.15) is 0 Å². The number of hydrogen-bond acceptors (Lipinski definition) is 3. The van der Waals surface area contributed by atoms with Gasteiger partial charge in [0.15, 0.2) is 0 Å². The normalized spacial score (nSPS) is 19.7. The zero-order valence-corrected chi connectivity index (χ0v) is 10.3. The van der Waals surface area contributed by atoms with E-state index in [0.29, 0.717) is 26.2 Å². The summed E-state index contributed by atoms with van der Waals surface area (Å²) in [4.78, 5) is 0. The molecular weight excluding hydrogens is 216 g/mol. The largest absolute Gasteiger partial charge is 0.383 e. The molecule has 0 spiro atoms. The molecule has 0 atom stereocenters. The van der Waals surface area contributed by atoms with E-state index < -0.39 is 10.2 Å². The summed E-state index contributed by atoms with van der Waals surface area (Å²) in [5.74, 6) is 0. The Kier molecular flexibility index (Phi) is 4.98. The van der Waals surface area contributed by atoms with E-state index in [4.69, 9.17) is 4.74 Å². The molecule has 0 saturated carbocycles. The van der Waals surface area contributed by atoms with Gasteiger partial charge in [-0.1, -0.05) is 6.42 Å². The van der Waals surface area contributed by atoms with E-state index in [1.165, 1.54) is 4.31 Å². The van der Waals surface area contributed by atoms with Crippen LogP contribution in [0, 0.1) is 0 Å². The zero-order chi connectivity index (χ0) is 11.3. The van der Waals surface area contributed by atoms with E-state index in [1.807, 2.05) is 0 Å². The van der Waals surface area contributed by atoms with Crippen molar-refractivity contribution in [2.45, 2.75) is 19.3 Å². The van der Waals surface area contributed by atoms with E-state index in [9.17, 15) is 8.42 Å². The number of methoxy groups -OCH3 is 1. The SMILES string of the molecule is COCCN(C)S(=O)(=O)N1CCCCC1. The Morgan fingerprint density at radius 2 is 1.87 bits per heavy atom. The summed E-state index contributed by atoms with van der Waals surface area (Å²) in [6.45, 7) is 2.15. The van der Waals surface area contributed by atoms with Gasteiger partial charge in [0, 0.05) is 33.8 Å². The summed E-state index contributed by atoms with van der Waals surface area (Å²) >= 11 is 0. The fourth-order valence-electron chi connectivity index (χ4n) is 1.63. The third-order valence-electron chi connectivity index (χ3n) is 2.65. The standard InChI is InChI=1S/C9H20N2O3S/c1-10(8-9-14-2)15(12,13)11-6-4-3-5-7-11/h3-9H2,1-2H3. The molecule has 1 aliphatic rings. The summed E-state index contributed by atoms with van der Waals surface area (Å²) in [6.07, 6.45) is 3.07. The lowest BCUT2D eigenvalue weighted by Crippen LogP contribution is -2.45. The first-order valence-corrected chi connectivity index (χ1v) is 6.69. The van der Waals surface area contributed by atoms with Crippen LogP contribution >= 0.6 is 0 Å². The lowest BCUT2D eigenvalue weighted by Gasteiger charge is -2.29. The van der Waals surface area contributed by atoms with Crippen molar-refractivity contribution in [2.75, 3.05) is 40.4 Å². The van der Waals surface area contributed by atoms with Gasteiger partial charge in [-0.05, 0) is 12.8 Å². The van der Waals surface area contributed by atoms with Crippen molar-refractivity contribution >= 4 is 10.2 Å². The number of likely N-dealkylation sites (N-methyl/N-ethyl adjacent to an activating group) is 1. The minimum atomic E-state index is -3.25. The lowest BCUT2D eigenvalue weighted by molar-refractivity contribution is 0.181. The second-order valence-electron chi connectivity index (χ2n) is 3.78. The fraction of sp³-hybridized carbons (Fsp3) is 1.00. The van der Waals surface area contributed by atoms with Gasteiger partial charge >= 0.3 is 0 Å². The van der Waals surface area contributed by atoms with E-state index in [1.54, 1.807) is 18.5 Å². The average molecular weight is 236 g/mol. The molecule has 90 valence electrons. The molecule has 0 amide bonds. The summed E-state index contributed by atoms with van der Waals surface area (Å²) in [5.41, 5.74) is 0. The van der Waals surface area contributed by atoms with Gasteiger partial charge in [0.25, 0.3) is 10.2 Å². The average Bonchev–Trinajstić information content (AvgIpc) is 2.27. The smallest absolute Gasteiger partial charge is 0.281 e. The van der Waals surface area contributed by atoms with Gasteiger partial charge in [-0.3, -0.25) is 0 Å². The molecule has 0 N–H and O–H groups in total. The molecule has 5 nitrogen and oxygen atoms in total. The van der Waals surface area contributed by atoms with Crippen molar-refractivity contribution in [1.29, 1.82) is 0 Å². The summed E-state index contributed by atoms with van der Waals surface area (Å²) < 4.78 is 31.8. The minimum Gasteiger partial charge on any atom is -0.383 e. The minimum absolute atomic E-state index is 0.412. The van der Waals surface area contributed by atoms with Crippen LogP contribution in [-0.4, -0.2) is 57.4 Å². The highest BCUT2D eigenvalue weighted by molar-refractivity contribution is 7.86. The number of piperidine rings is 1. The molecule has 0 radical (unpaired) electrons. The maximum absolute atomic E-state index is 12.0. The van der Waals surface area contributed by atoms with Gasteiger partial charge in [-0.25, -0.2) is 0 Å². The predicted octanol–water partition coefficient (Wildman–Crippen LogP) is 0.295. The Balaban J connectivity index is 2.55. The Morgan fingerprint density at radius 1 is 1.27 bits per heavy atom. The summed E-state index contributed by atoms with van der Waals surface area (Å²) in [6, 6.07) is 0. The van der Waals surface area contributed by atoms with Crippen molar-refractivity contribution < 1.29 is 13.2 Å². The van der Waals surface area contributed by atoms with Crippen LogP contribution in [-0.2, 0) is 14.9 Å². The highest BCUT2D eigenvalue weighted by Crippen LogP contribution is 2.14. The van der Waals surface area contributed by atoms with Crippen molar-refractivity contribution in [3.05, 3.63) is 0 Å². The van der Waals surface area contributed by atoms with Crippen LogP contribution in [0.1, 0.15) is 19.3 Å². The van der Waals surface area contributed by atoms with Crippen molar-refractivity contribution in [1.82, 2.24) is 8.61 Å². The zero-order valence-electron chi connectivity index (χ0n) is 9.48. The van der Waals surface area contributed by atoms with Gasteiger partial charge in [-0.15, -0.1) is 0 Å². The van der Waals surface area contributed by atoms with Crippen molar-refractivity contribution in [2.24, 2.45) is 0 Å². The third kappa shape index (κ3) is 3.41. The Hall–Kier alpha value is -0.170. The summed E-state index contributed by atoms with van der Waals surface area (Å²) in [7, 11) is -0.0767. The molecule has 1 saturated heterocycles. The molecule has 0 aliphatic carbocycles. The number of nitrogens with zero attached hydrogens (tertiary/aromatic N) is 2. The molecule has 1 aliphatic heterocycles. The van der Waals surface area contributed by atoms with Crippen molar-refractivity contribution in [3.8, 4) is 0 Å². The highest BCUT2D eigenvalue weighted by Gasteiger charge is 2.27. The van der Waals surface area contributed by atoms with E-state index in [2.05, 4.69) is 0 Å². The number of ether oxygens (including phenoxy) is 1. The molecule has 1 fully saturated rings. The molecule has 6 heteroatoms. The quantitative estimate of drug-likeness (QED) is 0.689. The van der Waals surface area contributed by atoms with Gasteiger partial charge < -0.3 is 4.74 Å². The molecule has 0 unspecified atom stereocenters. The Labute approximate surface area is 92.2 Å². The maximum atomic E-state index is 12.0. The topological polar surface area (TPSA) is 49.9 Å². The first kappa shape index (κ1) is 12.9. The van der Waals surface area contributed by atoms with E-state index in [-0.39, 0.29) is 0 Å². The molecule has 0 aromatic rings. The van der Waals surface area contributed by atoms with E-state index >= 15 is 0 Å². The fourth-order valence-corrected chi connectivity index (χ4v) is 3.05. The third-order valence-corrected chi connectivity index (χ3v) is 4.63. The molecular formula is C9H20N2O3S. The van der Waals surface area contributed by atoms with Gasteiger partial charge in [0.2, 0.25) is 0 Å². The molecule has 0 bridgehead atoms. The Morgan fingerprint density at radius 3 is 2.40 bits per heavy atom. The van der Waals surface area contributed by atoms with Crippen LogP contribution in [0.3, 0.4) is 0 Å². The second-order valence-corrected chi connectivity index (χ2v) is 5.82. The molecule has 0 aromatic carbocycles. The van der Waals surface area contributed by atoms with Crippen LogP contribution in [0.5, 0.6) is 0 Å². The Bertz CT molecular complexity index is 273. The molecule has 1 rings (SSSR count). The van der Waals surface area contributed by atoms with Crippen LogP contribution in [0.4, 0.5) is 0 Å². The van der Waals surface area contributed by atoms with Gasteiger partial charge in [0.05, 0.1) is 6.61 Å². The van der Waals surface area contributed by atoms with Crippen LogP contribution in [0.15, 0.2) is 0 Å². The maximum Gasteiger partial charge on any atom is 0.281 e. The predicted molar refractivity (Wildman–Crippen MR) is 58.8 cm³/mol. The second kappa shape index (κ2) is 5.79. The first-order valence-electron chi connectivity index (χ1n) is 5.29. The first-order chi connectivity index (χ1) is 7.09. The van der Waals surface area contributed by atoms with Crippen LogP contribution in [0.25, 0.3) is 0 Å². The molecule has 0 aromatic heterocycles. The van der Waals surface area contributed by atoms with Crippen molar-refractivity contribution in [3.63, 3.8) is 0 Å². The summed E-state index contributed by atoms with van der Waals surface area (Å²) in [5, 5.41) is 0. The molecule has 15 heavy (non-hydrogen) atoms. The van der Waals surface area contributed by atoms with Gasteiger partial charge in [-0.2, -0.15) is 17.0 Å². The lowest BCUT2D eigenvalue weighted by atomic mass is 10.2. The number of hydrogen-bond donors (Lipinski definition) is 0. The van der Waals surface area contributed by atoms with E-state index in [0.717, 1.165) is 19.3 Å². The van der Waals surface area contributed by atoms with Crippen LogP contribution in [0.2, 0.25) is 0 Å². The molecule has 1 heterocycles. The highest BCUT2D eigenvalue weighted by atomic mass is 32.2. The number of rotatable bonds is 5.